The highest BCUT2D eigenvalue weighted by Gasteiger charge is 2.17. The van der Waals surface area contributed by atoms with Gasteiger partial charge in [-0.25, -0.2) is 4.98 Å². The molecule has 2 heterocycles. The number of carbonyl (C=O) groups is 1. The number of nitrogens with zero attached hydrogens (tertiary/aromatic N) is 1. The molecule has 4 heteroatoms. The third-order valence-electron chi connectivity index (χ3n) is 2.45. The lowest BCUT2D eigenvalue weighted by Crippen LogP contribution is -2.28. The molecule has 0 aromatic carbocycles. The van der Waals surface area contributed by atoms with Crippen molar-refractivity contribution in [1.29, 1.82) is 0 Å². The normalized spacial score (nSPS) is 14.9. The van der Waals surface area contributed by atoms with Crippen LogP contribution in [0.4, 0.5) is 0 Å². The number of primary amides is 1. The molecule has 2 rings (SSSR count). The summed E-state index contributed by atoms with van der Waals surface area (Å²) in [6.45, 7) is 3.57. The molecule has 0 unspecified atom stereocenters. The van der Waals surface area contributed by atoms with Gasteiger partial charge in [-0.05, 0) is 37.1 Å². The van der Waals surface area contributed by atoms with Gasteiger partial charge >= 0.3 is 0 Å². The molecule has 0 saturated carbocycles. The van der Waals surface area contributed by atoms with E-state index >= 15 is 0 Å². The van der Waals surface area contributed by atoms with E-state index in [9.17, 15) is 4.79 Å². The maximum absolute atomic E-state index is 11.2. The maximum atomic E-state index is 11.2. The third-order valence-corrected chi connectivity index (χ3v) is 2.45. The average Bonchev–Trinajstić information content (AvgIpc) is 2.16. The Labute approximate surface area is 82.5 Å². The van der Waals surface area contributed by atoms with Crippen LogP contribution in [0.15, 0.2) is 6.07 Å². The van der Waals surface area contributed by atoms with Crippen LogP contribution >= 0.6 is 0 Å². The van der Waals surface area contributed by atoms with E-state index in [1.54, 1.807) is 0 Å². The summed E-state index contributed by atoms with van der Waals surface area (Å²) < 4.78 is 0. The Hall–Kier alpha value is -1.42. The van der Waals surface area contributed by atoms with Crippen LogP contribution in [0.2, 0.25) is 0 Å². The summed E-state index contributed by atoms with van der Waals surface area (Å²) in [5, 5.41) is 3.25. The molecule has 74 valence electrons. The lowest BCUT2D eigenvalue weighted by Gasteiger charge is -2.19. The first-order valence-corrected chi connectivity index (χ1v) is 4.68. The summed E-state index contributed by atoms with van der Waals surface area (Å²) >= 11 is 0. The molecule has 1 aromatic heterocycles. The Morgan fingerprint density at radius 3 is 3.14 bits per heavy atom. The number of hydrogen-bond acceptors (Lipinski definition) is 3. The molecule has 0 spiro atoms. The number of rotatable bonds is 1. The van der Waals surface area contributed by atoms with Gasteiger partial charge in [0.05, 0.1) is 0 Å². The van der Waals surface area contributed by atoms with Crippen molar-refractivity contribution in [3.63, 3.8) is 0 Å². The van der Waals surface area contributed by atoms with Gasteiger partial charge in [-0.3, -0.25) is 4.79 Å². The molecule has 4 nitrogen and oxygen atoms in total. The van der Waals surface area contributed by atoms with Gasteiger partial charge in [0.15, 0.2) is 0 Å². The number of carbonyl (C=O) groups excluding carboxylic acids is 1. The summed E-state index contributed by atoms with van der Waals surface area (Å²) in [6, 6.07) is 2.01. The molecule has 14 heavy (non-hydrogen) atoms. The number of nitrogens with two attached hydrogens (primary N) is 1. The predicted molar refractivity (Wildman–Crippen MR) is 52.9 cm³/mol. The zero-order valence-electron chi connectivity index (χ0n) is 8.13. The van der Waals surface area contributed by atoms with E-state index in [0.717, 1.165) is 36.3 Å². The second-order valence-electron chi connectivity index (χ2n) is 3.54. The molecular formula is C10H13N3O. The Morgan fingerprint density at radius 1 is 1.64 bits per heavy atom. The lowest BCUT2D eigenvalue weighted by atomic mass is 9.98. The number of fused-ring (bicyclic) bond motifs is 1. The zero-order chi connectivity index (χ0) is 10.1. The molecular weight excluding hydrogens is 178 g/mol. The van der Waals surface area contributed by atoms with Crippen molar-refractivity contribution < 1.29 is 4.79 Å². The van der Waals surface area contributed by atoms with Crippen LogP contribution in [-0.2, 0) is 13.0 Å². The second-order valence-corrected chi connectivity index (χ2v) is 3.54. The van der Waals surface area contributed by atoms with Gasteiger partial charge in [-0.2, -0.15) is 0 Å². The highest BCUT2D eigenvalue weighted by atomic mass is 16.1. The number of pyridine rings is 1. The topological polar surface area (TPSA) is 68.0 Å². The molecule has 3 N–H and O–H groups in total. The Bertz CT molecular complexity index is 387. The van der Waals surface area contributed by atoms with Crippen molar-refractivity contribution in [3.8, 4) is 0 Å². The van der Waals surface area contributed by atoms with E-state index < -0.39 is 5.91 Å². The quantitative estimate of drug-likeness (QED) is 0.663. The van der Waals surface area contributed by atoms with Crippen LogP contribution in [0.5, 0.6) is 0 Å². The van der Waals surface area contributed by atoms with Gasteiger partial charge in [0.1, 0.15) is 5.69 Å². The fourth-order valence-corrected chi connectivity index (χ4v) is 1.84. The lowest BCUT2D eigenvalue weighted by molar-refractivity contribution is 0.0994. The molecule has 0 radical (unpaired) electrons. The van der Waals surface area contributed by atoms with Crippen LogP contribution in [0.1, 0.15) is 27.3 Å². The fraction of sp³-hybridized carbons (Fsp3) is 0.400. The molecule has 0 atom stereocenters. The smallest absolute Gasteiger partial charge is 0.267 e. The first-order chi connectivity index (χ1) is 6.68. The SMILES string of the molecule is Cc1cc2c(c(C(N)=O)n1)CCNC2. The summed E-state index contributed by atoms with van der Waals surface area (Å²) in [7, 11) is 0. The molecule has 0 fully saturated rings. The minimum absolute atomic E-state index is 0.424. The van der Waals surface area contributed by atoms with Gasteiger partial charge in [0.25, 0.3) is 5.91 Å². The molecule has 0 bridgehead atoms. The van der Waals surface area contributed by atoms with E-state index in [-0.39, 0.29) is 0 Å². The van der Waals surface area contributed by atoms with E-state index in [0.29, 0.717) is 5.69 Å². The summed E-state index contributed by atoms with van der Waals surface area (Å²) in [5.74, 6) is -0.424. The number of aryl methyl sites for hydroxylation is 1. The Balaban J connectivity index is 2.58. The monoisotopic (exact) mass is 191 g/mol. The minimum atomic E-state index is -0.424. The van der Waals surface area contributed by atoms with Crippen LogP contribution in [0.25, 0.3) is 0 Å². The van der Waals surface area contributed by atoms with Crippen molar-refractivity contribution in [2.24, 2.45) is 5.73 Å². The Morgan fingerprint density at radius 2 is 2.43 bits per heavy atom. The third kappa shape index (κ3) is 1.48. The standard InChI is InChI=1S/C10H13N3O/c1-6-4-7-5-12-3-2-8(7)9(13-6)10(11)14/h4,12H,2-3,5H2,1H3,(H2,11,14). The second kappa shape index (κ2) is 3.38. The molecule has 1 amide bonds. The first-order valence-electron chi connectivity index (χ1n) is 4.68. The largest absolute Gasteiger partial charge is 0.364 e. The van der Waals surface area contributed by atoms with Crippen molar-refractivity contribution in [2.45, 2.75) is 19.9 Å². The highest BCUT2D eigenvalue weighted by Crippen LogP contribution is 2.17. The maximum Gasteiger partial charge on any atom is 0.267 e. The zero-order valence-corrected chi connectivity index (χ0v) is 8.13. The average molecular weight is 191 g/mol. The molecule has 0 aliphatic carbocycles. The van der Waals surface area contributed by atoms with Gasteiger partial charge in [0, 0.05) is 12.2 Å². The highest BCUT2D eigenvalue weighted by molar-refractivity contribution is 5.92. The van der Waals surface area contributed by atoms with E-state index in [1.807, 2.05) is 13.0 Å². The van der Waals surface area contributed by atoms with Crippen molar-refractivity contribution in [1.82, 2.24) is 10.3 Å². The van der Waals surface area contributed by atoms with Gasteiger partial charge in [-0.1, -0.05) is 0 Å². The first kappa shape index (κ1) is 9.15. The molecule has 1 aromatic rings. The van der Waals surface area contributed by atoms with Crippen molar-refractivity contribution in [3.05, 3.63) is 28.6 Å². The van der Waals surface area contributed by atoms with Crippen LogP contribution in [0, 0.1) is 6.92 Å². The summed E-state index contributed by atoms with van der Waals surface area (Å²) in [6.07, 6.45) is 0.834. The number of amides is 1. The number of aromatic nitrogens is 1. The van der Waals surface area contributed by atoms with Crippen molar-refractivity contribution in [2.75, 3.05) is 6.54 Å². The summed E-state index contributed by atoms with van der Waals surface area (Å²) in [5.41, 5.74) is 8.75. The van der Waals surface area contributed by atoms with Crippen molar-refractivity contribution >= 4 is 5.91 Å². The van der Waals surface area contributed by atoms with Crippen LogP contribution in [-0.4, -0.2) is 17.4 Å². The summed E-state index contributed by atoms with van der Waals surface area (Å²) in [4.78, 5) is 15.3. The van der Waals surface area contributed by atoms with Crippen LogP contribution < -0.4 is 11.1 Å². The predicted octanol–water partition coefficient (Wildman–Crippen LogP) is 0.135. The molecule has 0 saturated heterocycles. The van der Waals surface area contributed by atoms with Gasteiger partial charge in [-0.15, -0.1) is 0 Å². The molecule has 1 aliphatic heterocycles. The minimum Gasteiger partial charge on any atom is -0.364 e. The van der Waals surface area contributed by atoms with E-state index in [4.69, 9.17) is 5.73 Å². The Kier molecular flexibility index (Phi) is 2.21. The molecule has 1 aliphatic rings. The fourth-order valence-electron chi connectivity index (χ4n) is 1.84. The van der Waals surface area contributed by atoms with Crippen LogP contribution in [0.3, 0.4) is 0 Å². The van der Waals surface area contributed by atoms with Gasteiger partial charge < -0.3 is 11.1 Å². The number of hydrogen-bond donors (Lipinski definition) is 2. The number of nitrogens with one attached hydrogen (secondary N) is 1. The van der Waals surface area contributed by atoms with E-state index in [2.05, 4.69) is 10.3 Å². The van der Waals surface area contributed by atoms with E-state index in [1.165, 1.54) is 0 Å². The van der Waals surface area contributed by atoms with Gasteiger partial charge in [0.2, 0.25) is 0 Å².